The third kappa shape index (κ3) is 3.09. The van der Waals surface area contributed by atoms with E-state index in [0.717, 1.165) is 13.1 Å². The van der Waals surface area contributed by atoms with Gasteiger partial charge in [0.1, 0.15) is 0 Å². The Morgan fingerprint density at radius 3 is 2.57 bits per heavy atom. The van der Waals surface area contributed by atoms with Gasteiger partial charge in [-0.3, -0.25) is 4.98 Å². The molecule has 0 radical (unpaired) electrons. The van der Waals surface area contributed by atoms with E-state index in [4.69, 9.17) is 5.73 Å². The molecule has 0 atom stereocenters. The highest BCUT2D eigenvalue weighted by molar-refractivity contribution is 5.20. The predicted octanol–water partition coefficient (Wildman–Crippen LogP) is 0.907. The third-order valence-corrected chi connectivity index (χ3v) is 2.35. The minimum absolute atomic E-state index is 0.137. The molecule has 1 heterocycles. The molecule has 14 heavy (non-hydrogen) atoms. The zero-order valence-corrected chi connectivity index (χ0v) is 8.96. The summed E-state index contributed by atoms with van der Waals surface area (Å²) < 4.78 is 0. The largest absolute Gasteiger partial charge is 0.329 e. The Hall–Kier alpha value is -0.930. The molecule has 0 aliphatic carbocycles. The van der Waals surface area contributed by atoms with Crippen molar-refractivity contribution in [3.63, 3.8) is 0 Å². The summed E-state index contributed by atoms with van der Waals surface area (Å²) in [6, 6.07) is 4.12. The standard InChI is InChI=1S/C11H19N3/c1-11(2,9-14-8-5-12)10-3-6-13-7-4-10/h3-4,6-7,14H,5,8-9,12H2,1-2H3. The maximum atomic E-state index is 5.42. The lowest BCUT2D eigenvalue weighted by Gasteiger charge is -2.25. The minimum Gasteiger partial charge on any atom is -0.329 e. The number of nitrogens with two attached hydrogens (primary N) is 1. The lowest BCUT2D eigenvalue weighted by molar-refractivity contribution is 0.473. The van der Waals surface area contributed by atoms with E-state index in [1.165, 1.54) is 5.56 Å². The van der Waals surface area contributed by atoms with E-state index in [1.54, 1.807) is 0 Å². The van der Waals surface area contributed by atoms with Crippen LogP contribution in [0.15, 0.2) is 24.5 Å². The molecule has 0 aliphatic rings. The van der Waals surface area contributed by atoms with E-state index >= 15 is 0 Å². The van der Waals surface area contributed by atoms with Crippen LogP contribution in [0.3, 0.4) is 0 Å². The normalized spacial score (nSPS) is 11.6. The van der Waals surface area contributed by atoms with Gasteiger partial charge in [-0.1, -0.05) is 13.8 Å². The molecule has 1 rings (SSSR count). The summed E-state index contributed by atoms with van der Waals surface area (Å²) in [5.41, 5.74) is 6.86. The fraction of sp³-hybridized carbons (Fsp3) is 0.545. The van der Waals surface area contributed by atoms with Crippen molar-refractivity contribution in [2.45, 2.75) is 19.3 Å². The van der Waals surface area contributed by atoms with Gasteiger partial charge in [0.25, 0.3) is 0 Å². The van der Waals surface area contributed by atoms with Gasteiger partial charge in [-0.2, -0.15) is 0 Å². The second-order valence-corrected chi connectivity index (χ2v) is 4.09. The second-order valence-electron chi connectivity index (χ2n) is 4.09. The monoisotopic (exact) mass is 193 g/mol. The molecule has 3 N–H and O–H groups in total. The molecule has 0 spiro atoms. The van der Waals surface area contributed by atoms with E-state index in [-0.39, 0.29) is 5.41 Å². The van der Waals surface area contributed by atoms with Crippen LogP contribution < -0.4 is 11.1 Å². The van der Waals surface area contributed by atoms with Crippen molar-refractivity contribution >= 4 is 0 Å². The SMILES string of the molecule is CC(C)(CNCCN)c1ccncc1. The van der Waals surface area contributed by atoms with Gasteiger partial charge in [0.2, 0.25) is 0 Å². The Kier molecular flexibility index (Phi) is 4.04. The molecule has 0 saturated heterocycles. The molecule has 0 bridgehead atoms. The van der Waals surface area contributed by atoms with Gasteiger partial charge in [-0.25, -0.2) is 0 Å². The molecule has 78 valence electrons. The maximum Gasteiger partial charge on any atom is 0.0270 e. The first-order valence-electron chi connectivity index (χ1n) is 4.98. The Balaban J connectivity index is 2.56. The van der Waals surface area contributed by atoms with Crippen LogP contribution in [0.1, 0.15) is 19.4 Å². The van der Waals surface area contributed by atoms with Gasteiger partial charge in [0, 0.05) is 37.4 Å². The van der Waals surface area contributed by atoms with Gasteiger partial charge >= 0.3 is 0 Å². The van der Waals surface area contributed by atoms with E-state index in [9.17, 15) is 0 Å². The quantitative estimate of drug-likeness (QED) is 0.683. The van der Waals surface area contributed by atoms with Crippen LogP contribution in [0.2, 0.25) is 0 Å². The number of pyridine rings is 1. The first-order chi connectivity index (χ1) is 6.67. The second kappa shape index (κ2) is 5.08. The van der Waals surface area contributed by atoms with Crippen molar-refractivity contribution in [1.82, 2.24) is 10.3 Å². The molecule has 0 amide bonds. The molecule has 0 aromatic carbocycles. The summed E-state index contributed by atoms with van der Waals surface area (Å²) in [6.07, 6.45) is 3.67. The number of nitrogens with one attached hydrogen (secondary N) is 1. The number of rotatable bonds is 5. The van der Waals surface area contributed by atoms with Crippen molar-refractivity contribution in [2.24, 2.45) is 5.73 Å². The zero-order chi connectivity index (χ0) is 10.4. The fourth-order valence-electron chi connectivity index (χ4n) is 1.41. The molecular weight excluding hydrogens is 174 g/mol. The van der Waals surface area contributed by atoms with Gasteiger partial charge in [0.05, 0.1) is 0 Å². The van der Waals surface area contributed by atoms with Crippen molar-refractivity contribution in [1.29, 1.82) is 0 Å². The maximum absolute atomic E-state index is 5.42. The molecule has 1 aromatic rings. The van der Waals surface area contributed by atoms with Crippen molar-refractivity contribution in [3.05, 3.63) is 30.1 Å². The first kappa shape index (κ1) is 11.1. The van der Waals surface area contributed by atoms with Crippen LogP contribution in [-0.2, 0) is 5.41 Å². The molecule has 1 aromatic heterocycles. The van der Waals surface area contributed by atoms with Gasteiger partial charge in [0.15, 0.2) is 0 Å². The van der Waals surface area contributed by atoms with Crippen LogP contribution in [0.25, 0.3) is 0 Å². The number of nitrogens with zero attached hydrogens (tertiary/aromatic N) is 1. The lowest BCUT2D eigenvalue weighted by atomic mass is 9.85. The molecule has 0 aliphatic heterocycles. The summed E-state index contributed by atoms with van der Waals surface area (Å²) >= 11 is 0. The Bertz CT molecular complexity index is 256. The van der Waals surface area contributed by atoms with Crippen LogP contribution >= 0.6 is 0 Å². The molecule has 3 nitrogen and oxygen atoms in total. The first-order valence-corrected chi connectivity index (χ1v) is 4.98. The molecule has 0 saturated carbocycles. The summed E-state index contributed by atoms with van der Waals surface area (Å²) in [5, 5.41) is 3.33. The molecular formula is C11H19N3. The average Bonchev–Trinajstić information content (AvgIpc) is 2.19. The van der Waals surface area contributed by atoms with Crippen LogP contribution in [0.4, 0.5) is 0 Å². The highest BCUT2D eigenvalue weighted by atomic mass is 14.9. The summed E-state index contributed by atoms with van der Waals surface area (Å²) in [7, 11) is 0. The van der Waals surface area contributed by atoms with Crippen LogP contribution in [0, 0.1) is 0 Å². The fourth-order valence-corrected chi connectivity index (χ4v) is 1.41. The van der Waals surface area contributed by atoms with Gasteiger partial charge in [-0.15, -0.1) is 0 Å². The van der Waals surface area contributed by atoms with Crippen LogP contribution in [0.5, 0.6) is 0 Å². The highest BCUT2D eigenvalue weighted by Gasteiger charge is 2.19. The van der Waals surface area contributed by atoms with Gasteiger partial charge in [-0.05, 0) is 17.7 Å². The van der Waals surface area contributed by atoms with E-state index in [0.29, 0.717) is 6.54 Å². The Labute approximate surface area is 85.7 Å². The number of hydrogen-bond acceptors (Lipinski definition) is 3. The average molecular weight is 193 g/mol. The summed E-state index contributed by atoms with van der Waals surface area (Å²) in [6.45, 7) is 6.92. The number of hydrogen-bond donors (Lipinski definition) is 2. The minimum atomic E-state index is 0.137. The smallest absolute Gasteiger partial charge is 0.0270 e. The topological polar surface area (TPSA) is 50.9 Å². The predicted molar refractivity (Wildman–Crippen MR) is 59.2 cm³/mol. The molecule has 3 heteroatoms. The van der Waals surface area contributed by atoms with Crippen molar-refractivity contribution in [2.75, 3.05) is 19.6 Å². The van der Waals surface area contributed by atoms with Crippen molar-refractivity contribution < 1.29 is 0 Å². The lowest BCUT2D eigenvalue weighted by Crippen LogP contribution is -2.35. The van der Waals surface area contributed by atoms with E-state index in [2.05, 4.69) is 36.3 Å². The zero-order valence-electron chi connectivity index (χ0n) is 8.96. The van der Waals surface area contributed by atoms with Crippen molar-refractivity contribution in [3.8, 4) is 0 Å². The molecule has 0 unspecified atom stereocenters. The Morgan fingerprint density at radius 1 is 1.36 bits per heavy atom. The summed E-state index contributed by atoms with van der Waals surface area (Å²) in [4.78, 5) is 4.01. The van der Waals surface area contributed by atoms with E-state index in [1.807, 2.05) is 12.4 Å². The van der Waals surface area contributed by atoms with Crippen LogP contribution in [-0.4, -0.2) is 24.6 Å². The highest BCUT2D eigenvalue weighted by Crippen LogP contribution is 2.20. The molecule has 0 fully saturated rings. The Morgan fingerprint density at radius 2 is 2.00 bits per heavy atom. The summed E-state index contributed by atoms with van der Waals surface area (Å²) in [5.74, 6) is 0. The third-order valence-electron chi connectivity index (χ3n) is 2.35. The number of aromatic nitrogens is 1. The van der Waals surface area contributed by atoms with Gasteiger partial charge < -0.3 is 11.1 Å². The van der Waals surface area contributed by atoms with E-state index < -0.39 is 0 Å².